The number of para-hydroxylation sites is 1. The highest BCUT2D eigenvalue weighted by Crippen LogP contribution is 2.20. The Labute approximate surface area is 151 Å². The van der Waals surface area contributed by atoms with E-state index in [0.717, 1.165) is 17.2 Å². The van der Waals surface area contributed by atoms with Gasteiger partial charge in [0.2, 0.25) is 9.84 Å². The third kappa shape index (κ3) is 4.99. The third-order valence-corrected chi connectivity index (χ3v) is 5.71. The molecule has 0 radical (unpaired) electrons. The van der Waals surface area contributed by atoms with E-state index in [0.29, 0.717) is 6.42 Å². The van der Waals surface area contributed by atoms with Gasteiger partial charge >= 0.3 is 0 Å². The molecular weight excluding hydrogens is 362 g/mol. The van der Waals surface area contributed by atoms with E-state index >= 15 is 0 Å². The van der Waals surface area contributed by atoms with E-state index in [9.17, 15) is 13.2 Å². The van der Waals surface area contributed by atoms with Gasteiger partial charge in [0, 0.05) is 23.3 Å². The molecule has 2 aromatic rings. The fraction of sp³-hybridized carbons (Fsp3) is 0.438. The second kappa shape index (κ2) is 8.39. The van der Waals surface area contributed by atoms with E-state index < -0.39 is 9.84 Å². The molecule has 0 bridgehead atoms. The van der Waals surface area contributed by atoms with Gasteiger partial charge in [-0.2, -0.15) is 9.36 Å². The van der Waals surface area contributed by atoms with Crippen molar-refractivity contribution in [1.82, 2.24) is 9.36 Å². The third-order valence-electron chi connectivity index (χ3n) is 3.28. The van der Waals surface area contributed by atoms with Crippen molar-refractivity contribution < 1.29 is 17.9 Å². The van der Waals surface area contributed by atoms with Crippen LogP contribution in [0.5, 0.6) is 5.19 Å². The van der Waals surface area contributed by atoms with Crippen molar-refractivity contribution in [3.05, 3.63) is 30.3 Å². The number of carbonyl (C=O) groups excluding carboxylic acids is 1. The number of anilines is 1. The molecule has 1 heterocycles. The fourth-order valence-electron chi connectivity index (χ4n) is 2.25. The summed E-state index contributed by atoms with van der Waals surface area (Å²) in [6.07, 6.45) is 0.483. The van der Waals surface area contributed by atoms with Crippen LogP contribution in [0, 0.1) is 0 Å². The SMILES string of the molecule is CCCS(=O)(=O)c1nsc(OCC(=O)N(c2ccccc2)C(C)C)n1. The van der Waals surface area contributed by atoms with Crippen molar-refractivity contribution in [3.63, 3.8) is 0 Å². The number of amides is 1. The zero-order chi connectivity index (χ0) is 18.4. The van der Waals surface area contributed by atoms with E-state index in [1.54, 1.807) is 11.8 Å². The van der Waals surface area contributed by atoms with Gasteiger partial charge in [0.05, 0.1) is 5.75 Å². The summed E-state index contributed by atoms with van der Waals surface area (Å²) in [5.74, 6) is -0.258. The Kier molecular flexibility index (Phi) is 6.49. The minimum atomic E-state index is -3.49. The van der Waals surface area contributed by atoms with E-state index in [4.69, 9.17) is 4.74 Å². The highest BCUT2D eigenvalue weighted by molar-refractivity contribution is 7.91. The minimum Gasteiger partial charge on any atom is -0.459 e. The molecule has 0 spiro atoms. The summed E-state index contributed by atoms with van der Waals surface area (Å²) in [6.45, 7) is 5.34. The maximum atomic E-state index is 12.5. The largest absolute Gasteiger partial charge is 0.459 e. The highest BCUT2D eigenvalue weighted by atomic mass is 32.2. The van der Waals surface area contributed by atoms with Crippen molar-refractivity contribution in [3.8, 4) is 5.19 Å². The summed E-state index contributed by atoms with van der Waals surface area (Å²) in [6, 6.07) is 9.23. The fourth-order valence-corrected chi connectivity index (χ4v) is 4.26. The van der Waals surface area contributed by atoms with Gasteiger partial charge in [0.25, 0.3) is 16.3 Å². The molecule has 25 heavy (non-hydrogen) atoms. The van der Waals surface area contributed by atoms with Crippen molar-refractivity contribution in [2.45, 2.75) is 38.4 Å². The lowest BCUT2D eigenvalue weighted by Crippen LogP contribution is -2.40. The first-order valence-electron chi connectivity index (χ1n) is 7.91. The number of ether oxygens (including phenoxy) is 1. The Hall–Kier alpha value is -2.00. The van der Waals surface area contributed by atoms with Crippen molar-refractivity contribution >= 4 is 33.0 Å². The Morgan fingerprint density at radius 3 is 2.56 bits per heavy atom. The number of hydrogen-bond donors (Lipinski definition) is 0. The average Bonchev–Trinajstić information content (AvgIpc) is 3.03. The second-order valence-electron chi connectivity index (χ2n) is 5.64. The number of nitrogens with zero attached hydrogens (tertiary/aromatic N) is 3. The number of rotatable bonds is 8. The van der Waals surface area contributed by atoms with Gasteiger partial charge in [-0.15, -0.1) is 0 Å². The van der Waals surface area contributed by atoms with Crippen LogP contribution in [0.1, 0.15) is 27.2 Å². The standard InChI is InChI=1S/C16H21N3O4S2/c1-4-10-25(21,22)15-17-16(24-18-15)23-11-14(20)19(12(2)3)13-8-6-5-7-9-13/h5-9,12H,4,10-11H2,1-3H3. The molecule has 1 aromatic heterocycles. The smallest absolute Gasteiger partial charge is 0.294 e. The number of sulfone groups is 1. The molecule has 1 aromatic carbocycles. The van der Waals surface area contributed by atoms with Gasteiger partial charge in [0.15, 0.2) is 6.61 Å². The Morgan fingerprint density at radius 1 is 1.28 bits per heavy atom. The topological polar surface area (TPSA) is 89.5 Å². The summed E-state index contributed by atoms with van der Waals surface area (Å²) in [4.78, 5) is 18.0. The quantitative estimate of drug-likeness (QED) is 0.696. The minimum absolute atomic E-state index is 0.0166. The predicted molar refractivity (Wildman–Crippen MR) is 96.8 cm³/mol. The number of aromatic nitrogens is 2. The predicted octanol–water partition coefficient (Wildman–Crippen LogP) is 2.54. The summed E-state index contributed by atoms with van der Waals surface area (Å²) in [5, 5.41) is -0.176. The maximum Gasteiger partial charge on any atom is 0.294 e. The van der Waals surface area contributed by atoms with E-state index in [2.05, 4.69) is 9.36 Å². The number of benzene rings is 1. The highest BCUT2D eigenvalue weighted by Gasteiger charge is 2.22. The molecule has 7 nitrogen and oxygen atoms in total. The maximum absolute atomic E-state index is 12.5. The molecule has 0 saturated carbocycles. The second-order valence-corrected chi connectivity index (χ2v) is 8.36. The van der Waals surface area contributed by atoms with Gasteiger partial charge < -0.3 is 9.64 Å². The Morgan fingerprint density at radius 2 is 1.96 bits per heavy atom. The van der Waals surface area contributed by atoms with E-state index in [-0.39, 0.29) is 34.7 Å². The van der Waals surface area contributed by atoms with Crippen molar-refractivity contribution in [2.75, 3.05) is 17.3 Å². The first-order valence-corrected chi connectivity index (χ1v) is 10.3. The number of hydrogen-bond acceptors (Lipinski definition) is 7. The van der Waals surface area contributed by atoms with Crippen LogP contribution < -0.4 is 9.64 Å². The van der Waals surface area contributed by atoms with Crippen LogP contribution in [-0.2, 0) is 14.6 Å². The first kappa shape index (κ1) is 19.3. The summed E-state index contributed by atoms with van der Waals surface area (Å²) in [7, 11) is -3.49. The van der Waals surface area contributed by atoms with E-state index in [1.165, 1.54) is 0 Å². The summed E-state index contributed by atoms with van der Waals surface area (Å²) < 4.78 is 33.0. The molecule has 0 fully saturated rings. The van der Waals surface area contributed by atoms with Crippen LogP contribution in [0.3, 0.4) is 0 Å². The van der Waals surface area contributed by atoms with E-state index in [1.807, 2.05) is 44.2 Å². The molecule has 0 aliphatic heterocycles. The lowest BCUT2D eigenvalue weighted by Gasteiger charge is -2.26. The molecule has 9 heteroatoms. The molecule has 0 aliphatic rings. The Bertz CT molecular complexity index is 804. The zero-order valence-electron chi connectivity index (χ0n) is 14.4. The van der Waals surface area contributed by atoms with Crippen molar-refractivity contribution in [2.24, 2.45) is 0 Å². The van der Waals surface area contributed by atoms with Gasteiger partial charge in [-0.3, -0.25) is 4.79 Å². The molecule has 0 unspecified atom stereocenters. The van der Waals surface area contributed by atoms with Gasteiger partial charge in [-0.05, 0) is 32.4 Å². The molecule has 1 amide bonds. The van der Waals surface area contributed by atoms with Gasteiger partial charge in [-0.25, -0.2) is 8.42 Å². The lowest BCUT2D eigenvalue weighted by molar-refractivity contribution is -0.120. The van der Waals surface area contributed by atoms with Crippen LogP contribution in [-0.4, -0.2) is 42.1 Å². The van der Waals surface area contributed by atoms with Crippen molar-refractivity contribution in [1.29, 1.82) is 0 Å². The van der Waals surface area contributed by atoms with Gasteiger partial charge in [0.1, 0.15) is 0 Å². The number of carbonyl (C=O) groups is 1. The van der Waals surface area contributed by atoms with Crippen LogP contribution in [0.2, 0.25) is 0 Å². The average molecular weight is 383 g/mol. The van der Waals surface area contributed by atoms with Crippen LogP contribution >= 0.6 is 11.5 Å². The summed E-state index contributed by atoms with van der Waals surface area (Å²) >= 11 is 0.827. The first-order chi connectivity index (χ1) is 11.8. The normalized spacial score (nSPS) is 11.5. The lowest BCUT2D eigenvalue weighted by atomic mass is 10.2. The van der Waals surface area contributed by atoms with Crippen LogP contribution in [0.25, 0.3) is 0 Å². The molecule has 0 aliphatic carbocycles. The Balaban J connectivity index is 2.05. The van der Waals surface area contributed by atoms with Crippen LogP contribution in [0.4, 0.5) is 5.69 Å². The molecule has 0 saturated heterocycles. The molecule has 136 valence electrons. The zero-order valence-corrected chi connectivity index (χ0v) is 16.0. The molecular formula is C16H21N3O4S2. The van der Waals surface area contributed by atoms with Gasteiger partial charge in [-0.1, -0.05) is 25.1 Å². The molecule has 0 N–H and O–H groups in total. The molecule has 0 atom stereocenters. The monoisotopic (exact) mass is 383 g/mol. The van der Waals surface area contributed by atoms with Crippen LogP contribution in [0.15, 0.2) is 35.5 Å². The summed E-state index contributed by atoms with van der Waals surface area (Å²) in [5.41, 5.74) is 0.773. The molecule has 2 rings (SSSR count).